The van der Waals surface area contributed by atoms with Crippen molar-refractivity contribution >= 4 is 5.97 Å². The van der Waals surface area contributed by atoms with Gasteiger partial charge in [0.05, 0.1) is 13.0 Å². The molecule has 0 heterocycles. The molecule has 0 amide bonds. The van der Waals surface area contributed by atoms with Gasteiger partial charge in [0.15, 0.2) is 0 Å². The molecule has 16 heavy (non-hydrogen) atoms. The first-order valence-electron chi connectivity index (χ1n) is 5.71. The molecule has 2 nitrogen and oxygen atoms in total. The standard InChI is InChI=1S/C14H18O2/c1-14(2)9-11(13(15)16-3)8-10-6-4-5-7-12(10)14/h4-7,11H,8-9H2,1-3H3/t11-/m1/s1. The molecule has 0 unspecified atom stereocenters. The summed E-state index contributed by atoms with van der Waals surface area (Å²) >= 11 is 0. The van der Waals surface area contributed by atoms with E-state index in [9.17, 15) is 4.79 Å². The molecule has 86 valence electrons. The number of carbonyl (C=O) groups is 1. The van der Waals surface area contributed by atoms with Crippen molar-refractivity contribution in [2.45, 2.75) is 32.1 Å². The fourth-order valence-corrected chi connectivity index (χ4v) is 2.76. The van der Waals surface area contributed by atoms with E-state index in [2.05, 4.69) is 32.0 Å². The Hall–Kier alpha value is -1.31. The summed E-state index contributed by atoms with van der Waals surface area (Å²) < 4.78 is 4.86. The Morgan fingerprint density at radius 2 is 2.06 bits per heavy atom. The predicted molar refractivity (Wildman–Crippen MR) is 63.3 cm³/mol. The lowest BCUT2D eigenvalue weighted by atomic mass is 9.68. The lowest BCUT2D eigenvalue weighted by Gasteiger charge is -2.36. The summed E-state index contributed by atoms with van der Waals surface area (Å²) in [5.41, 5.74) is 2.72. The second-order valence-corrected chi connectivity index (χ2v) is 5.17. The van der Waals surface area contributed by atoms with Crippen LogP contribution in [0.5, 0.6) is 0 Å². The molecular weight excluding hydrogens is 200 g/mol. The van der Waals surface area contributed by atoms with Crippen LogP contribution >= 0.6 is 0 Å². The molecule has 2 rings (SSSR count). The predicted octanol–water partition coefficient (Wildman–Crippen LogP) is 2.70. The van der Waals surface area contributed by atoms with Crippen LogP contribution in [0.2, 0.25) is 0 Å². The molecule has 0 radical (unpaired) electrons. The summed E-state index contributed by atoms with van der Waals surface area (Å²) in [4.78, 5) is 11.6. The molecule has 1 aromatic rings. The van der Waals surface area contributed by atoms with Gasteiger partial charge in [-0.05, 0) is 29.4 Å². The summed E-state index contributed by atoms with van der Waals surface area (Å²) in [7, 11) is 1.47. The Labute approximate surface area is 96.6 Å². The smallest absolute Gasteiger partial charge is 0.309 e. The zero-order chi connectivity index (χ0) is 11.8. The Balaban J connectivity index is 2.37. The lowest BCUT2D eigenvalue weighted by molar-refractivity contribution is -0.146. The van der Waals surface area contributed by atoms with Gasteiger partial charge in [0.2, 0.25) is 0 Å². The minimum Gasteiger partial charge on any atom is -0.469 e. The van der Waals surface area contributed by atoms with Crippen LogP contribution in [-0.2, 0) is 21.4 Å². The first kappa shape index (κ1) is 11.2. The summed E-state index contributed by atoms with van der Waals surface area (Å²) in [5, 5.41) is 0. The summed E-state index contributed by atoms with van der Waals surface area (Å²) in [6, 6.07) is 8.39. The normalized spacial score (nSPS) is 22.3. The van der Waals surface area contributed by atoms with Crippen LogP contribution in [0.3, 0.4) is 0 Å². The van der Waals surface area contributed by atoms with Crippen molar-refractivity contribution in [3.63, 3.8) is 0 Å². The molecular formula is C14H18O2. The van der Waals surface area contributed by atoms with E-state index in [1.165, 1.54) is 18.2 Å². The van der Waals surface area contributed by atoms with Crippen LogP contribution in [-0.4, -0.2) is 13.1 Å². The van der Waals surface area contributed by atoms with Gasteiger partial charge >= 0.3 is 5.97 Å². The van der Waals surface area contributed by atoms with Crippen molar-refractivity contribution < 1.29 is 9.53 Å². The molecule has 0 bridgehead atoms. The van der Waals surface area contributed by atoms with Gasteiger partial charge in [-0.15, -0.1) is 0 Å². The molecule has 1 aliphatic rings. The van der Waals surface area contributed by atoms with Crippen LogP contribution in [0.15, 0.2) is 24.3 Å². The highest BCUT2D eigenvalue weighted by Crippen LogP contribution is 2.39. The fraction of sp³-hybridized carbons (Fsp3) is 0.500. The minimum atomic E-state index is -0.0809. The maximum absolute atomic E-state index is 11.6. The van der Waals surface area contributed by atoms with Crippen molar-refractivity contribution in [2.24, 2.45) is 5.92 Å². The van der Waals surface area contributed by atoms with Crippen LogP contribution < -0.4 is 0 Å². The lowest BCUT2D eigenvalue weighted by Crippen LogP contribution is -2.34. The second-order valence-electron chi connectivity index (χ2n) is 5.17. The zero-order valence-corrected chi connectivity index (χ0v) is 10.1. The third-order valence-electron chi connectivity index (χ3n) is 3.50. The number of benzene rings is 1. The van der Waals surface area contributed by atoms with Gasteiger partial charge in [0.25, 0.3) is 0 Å². The van der Waals surface area contributed by atoms with E-state index >= 15 is 0 Å². The Bertz CT molecular complexity index is 407. The summed E-state index contributed by atoms with van der Waals surface area (Å²) in [5.74, 6) is -0.0718. The van der Waals surface area contributed by atoms with Crippen LogP contribution in [0, 0.1) is 5.92 Å². The molecule has 0 saturated carbocycles. The maximum Gasteiger partial charge on any atom is 0.309 e. The van der Waals surface area contributed by atoms with Crippen LogP contribution in [0.4, 0.5) is 0 Å². The number of rotatable bonds is 1. The Kier molecular flexibility index (Phi) is 2.75. The van der Waals surface area contributed by atoms with Gasteiger partial charge < -0.3 is 4.74 Å². The first-order valence-corrected chi connectivity index (χ1v) is 5.71. The SMILES string of the molecule is COC(=O)[C@@H]1Cc2ccccc2C(C)(C)C1. The van der Waals surface area contributed by atoms with E-state index in [4.69, 9.17) is 4.74 Å². The zero-order valence-electron chi connectivity index (χ0n) is 10.1. The van der Waals surface area contributed by atoms with Crippen molar-refractivity contribution in [3.05, 3.63) is 35.4 Å². The molecule has 0 aromatic heterocycles. The number of esters is 1. The van der Waals surface area contributed by atoms with Gasteiger partial charge in [0, 0.05) is 0 Å². The first-order chi connectivity index (χ1) is 7.54. The van der Waals surface area contributed by atoms with Gasteiger partial charge in [-0.1, -0.05) is 38.1 Å². The average molecular weight is 218 g/mol. The number of fused-ring (bicyclic) bond motifs is 1. The highest BCUT2D eigenvalue weighted by molar-refractivity contribution is 5.73. The number of carbonyl (C=O) groups excluding carboxylic acids is 1. The van der Waals surface area contributed by atoms with Crippen molar-refractivity contribution in [3.8, 4) is 0 Å². The Morgan fingerprint density at radius 1 is 1.38 bits per heavy atom. The fourth-order valence-electron chi connectivity index (χ4n) is 2.76. The maximum atomic E-state index is 11.6. The minimum absolute atomic E-state index is 0.00917. The molecule has 2 heteroatoms. The van der Waals surface area contributed by atoms with Gasteiger partial charge in [-0.2, -0.15) is 0 Å². The summed E-state index contributed by atoms with van der Waals surface area (Å²) in [6.45, 7) is 4.39. The monoisotopic (exact) mass is 218 g/mol. The number of ether oxygens (including phenoxy) is 1. The highest BCUT2D eigenvalue weighted by Gasteiger charge is 2.36. The van der Waals surface area contributed by atoms with Crippen molar-refractivity contribution in [2.75, 3.05) is 7.11 Å². The van der Waals surface area contributed by atoms with Crippen LogP contribution in [0.25, 0.3) is 0 Å². The van der Waals surface area contributed by atoms with Gasteiger partial charge in [0.1, 0.15) is 0 Å². The van der Waals surface area contributed by atoms with Crippen LogP contribution in [0.1, 0.15) is 31.4 Å². The molecule has 1 atom stereocenters. The van der Waals surface area contributed by atoms with E-state index in [-0.39, 0.29) is 17.3 Å². The van der Waals surface area contributed by atoms with Crippen molar-refractivity contribution in [1.82, 2.24) is 0 Å². The number of methoxy groups -OCH3 is 1. The van der Waals surface area contributed by atoms with E-state index < -0.39 is 0 Å². The average Bonchev–Trinajstić information content (AvgIpc) is 2.27. The number of hydrogen-bond donors (Lipinski definition) is 0. The van der Waals surface area contributed by atoms with E-state index in [1.807, 2.05) is 6.07 Å². The second kappa shape index (κ2) is 3.93. The largest absolute Gasteiger partial charge is 0.469 e. The Morgan fingerprint density at radius 3 is 2.75 bits per heavy atom. The molecule has 0 spiro atoms. The highest BCUT2D eigenvalue weighted by atomic mass is 16.5. The van der Waals surface area contributed by atoms with Gasteiger partial charge in [-0.3, -0.25) is 4.79 Å². The molecule has 0 saturated heterocycles. The molecule has 1 aliphatic carbocycles. The van der Waals surface area contributed by atoms with Gasteiger partial charge in [-0.25, -0.2) is 0 Å². The molecule has 1 aromatic carbocycles. The quantitative estimate of drug-likeness (QED) is 0.677. The third kappa shape index (κ3) is 1.84. The summed E-state index contributed by atoms with van der Waals surface area (Å²) in [6.07, 6.45) is 1.68. The van der Waals surface area contributed by atoms with Crippen molar-refractivity contribution in [1.29, 1.82) is 0 Å². The van der Waals surface area contributed by atoms with E-state index in [0.717, 1.165) is 12.8 Å². The molecule has 0 N–H and O–H groups in total. The van der Waals surface area contributed by atoms with E-state index in [1.54, 1.807) is 0 Å². The van der Waals surface area contributed by atoms with E-state index in [0.29, 0.717) is 0 Å². The third-order valence-corrected chi connectivity index (χ3v) is 3.50. The molecule has 0 aliphatic heterocycles. The molecule has 0 fully saturated rings. The topological polar surface area (TPSA) is 26.3 Å². The number of hydrogen-bond acceptors (Lipinski definition) is 2.